The first kappa shape index (κ1) is 18.9. The van der Waals surface area contributed by atoms with Gasteiger partial charge in [-0.1, -0.05) is 24.3 Å². The molecule has 0 spiro atoms. The van der Waals surface area contributed by atoms with E-state index in [0.717, 1.165) is 50.5 Å². The van der Waals surface area contributed by atoms with Crippen LogP contribution in [0.25, 0.3) is 0 Å². The molecule has 2 N–H and O–H groups in total. The Hall–Kier alpha value is -2.05. The molecule has 152 valence electrons. The highest BCUT2D eigenvalue weighted by Crippen LogP contribution is 2.64. The van der Waals surface area contributed by atoms with Crippen LogP contribution < -0.4 is 0 Å². The van der Waals surface area contributed by atoms with Crippen LogP contribution in [0.3, 0.4) is 0 Å². The van der Waals surface area contributed by atoms with Crippen LogP contribution in [0, 0.1) is 40.9 Å². The number of allylic oxidation sites excluding steroid dienone is 1. The monoisotopic (exact) mass is 390 g/mol. The first-order chi connectivity index (χ1) is 13.9. The maximum atomic E-state index is 11.9. The fourth-order valence-electron chi connectivity index (χ4n) is 7.12. The zero-order chi connectivity index (χ0) is 20.2. The highest BCUT2D eigenvalue weighted by atomic mass is 16.3. The van der Waals surface area contributed by atoms with Crippen LogP contribution in [0.4, 0.5) is 0 Å². The molecule has 1 aromatic carbocycles. The van der Waals surface area contributed by atoms with Crippen molar-refractivity contribution in [3.05, 3.63) is 41.5 Å². The summed E-state index contributed by atoms with van der Waals surface area (Å²) in [7, 11) is 0. The number of carbonyl (C=O) groups excluding carboxylic acids is 1. The van der Waals surface area contributed by atoms with Gasteiger partial charge < -0.3 is 10.2 Å². The maximum absolute atomic E-state index is 11.9. The molecule has 0 heterocycles. The summed E-state index contributed by atoms with van der Waals surface area (Å²) in [6.07, 6.45) is 9.84. The van der Waals surface area contributed by atoms with E-state index in [-0.39, 0.29) is 11.2 Å². The van der Waals surface area contributed by atoms with Gasteiger partial charge in [-0.05, 0) is 99.0 Å². The number of fused-ring (bicyclic) bond motifs is 5. The van der Waals surface area contributed by atoms with Crippen molar-refractivity contribution < 1.29 is 15.0 Å². The Bertz CT molecular complexity index is 918. The molecule has 0 saturated heterocycles. The molecule has 3 saturated carbocycles. The topological polar surface area (TPSA) is 57.5 Å². The van der Waals surface area contributed by atoms with Gasteiger partial charge in [0.1, 0.15) is 11.4 Å². The van der Waals surface area contributed by atoms with Crippen LogP contribution >= 0.6 is 0 Å². The SMILES string of the molecule is C[C@]12CC[C@@H]3[C@@H](CCC4=CC(=O)CC[C@@H]43)[C@H]1CC[C@]2(O)C#Cc1ccc(O)cc1. The third kappa shape index (κ3) is 2.96. The molecule has 0 aliphatic heterocycles. The Morgan fingerprint density at radius 1 is 1.00 bits per heavy atom. The minimum absolute atomic E-state index is 0.163. The first-order valence-electron chi connectivity index (χ1n) is 11.2. The van der Waals surface area contributed by atoms with Crippen molar-refractivity contribution in [3.8, 4) is 17.6 Å². The predicted octanol–water partition coefficient (Wildman–Crippen LogP) is 4.62. The third-order valence-electron chi connectivity index (χ3n) is 8.73. The van der Waals surface area contributed by atoms with E-state index in [0.29, 0.717) is 35.9 Å². The van der Waals surface area contributed by atoms with Gasteiger partial charge in [-0.15, -0.1) is 0 Å². The molecule has 1 aromatic rings. The second-order valence-corrected chi connectivity index (χ2v) is 9.96. The molecule has 0 aromatic heterocycles. The molecule has 4 aliphatic rings. The zero-order valence-corrected chi connectivity index (χ0v) is 17.2. The van der Waals surface area contributed by atoms with Crippen molar-refractivity contribution in [1.29, 1.82) is 0 Å². The fraction of sp³-hybridized carbons (Fsp3) is 0.577. The van der Waals surface area contributed by atoms with E-state index in [9.17, 15) is 15.0 Å². The molecule has 3 fully saturated rings. The van der Waals surface area contributed by atoms with E-state index in [1.165, 1.54) is 5.57 Å². The predicted molar refractivity (Wildman–Crippen MR) is 112 cm³/mol. The lowest BCUT2D eigenvalue weighted by molar-refractivity contribution is -0.116. The van der Waals surface area contributed by atoms with Gasteiger partial charge in [0, 0.05) is 17.4 Å². The van der Waals surface area contributed by atoms with Crippen molar-refractivity contribution in [2.24, 2.45) is 29.1 Å². The van der Waals surface area contributed by atoms with Gasteiger partial charge in [-0.25, -0.2) is 0 Å². The van der Waals surface area contributed by atoms with Gasteiger partial charge in [0.05, 0.1) is 0 Å². The highest BCUT2D eigenvalue weighted by molar-refractivity contribution is 5.91. The summed E-state index contributed by atoms with van der Waals surface area (Å²) >= 11 is 0. The second-order valence-electron chi connectivity index (χ2n) is 9.96. The van der Waals surface area contributed by atoms with E-state index < -0.39 is 5.60 Å². The van der Waals surface area contributed by atoms with Crippen molar-refractivity contribution in [1.82, 2.24) is 0 Å². The van der Waals surface area contributed by atoms with Crippen molar-refractivity contribution >= 4 is 5.78 Å². The minimum Gasteiger partial charge on any atom is -0.508 e. The van der Waals surface area contributed by atoms with Crippen LogP contribution in [0.5, 0.6) is 5.75 Å². The summed E-state index contributed by atoms with van der Waals surface area (Å²) in [5, 5.41) is 21.1. The summed E-state index contributed by atoms with van der Waals surface area (Å²) in [5.74, 6) is 9.41. The number of benzene rings is 1. The van der Waals surface area contributed by atoms with E-state index in [4.69, 9.17) is 0 Å². The van der Waals surface area contributed by atoms with E-state index >= 15 is 0 Å². The van der Waals surface area contributed by atoms with Crippen LogP contribution in [0.1, 0.15) is 63.9 Å². The normalized spacial score (nSPS) is 40.8. The Morgan fingerprint density at radius 2 is 1.79 bits per heavy atom. The Labute approximate surface area is 173 Å². The molecule has 29 heavy (non-hydrogen) atoms. The average Bonchev–Trinajstić information content (AvgIpc) is 2.98. The lowest BCUT2D eigenvalue weighted by atomic mass is 9.50. The van der Waals surface area contributed by atoms with Crippen LogP contribution in [-0.4, -0.2) is 21.6 Å². The summed E-state index contributed by atoms with van der Waals surface area (Å²) in [6, 6.07) is 6.88. The molecule has 0 amide bonds. The van der Waals surface area contributed by atoms with Gasteiger partial charge in [0.2, 0.25) is 0 Å². The Morgan fingerprint density at radius 3 is 2.59 bits per heavy atom. The molecule has 3 nitrogen and oxygen atoms in total. The zero-order valence-electron chi connectivity index (χ0n) is 17.2. The smallest absolute Gasteiger partial charge is 0.155 e. The number of hydrogen-bond donors (Lipinski definition) is 2. The van der Waals surface area contributed by atoms with Crippen LogP contribution in [-0.2, 0) is 4.79 Å². The molecule has 4 aliphatic carbocycles. The molecule has 3 heteroatoms. The average molecular weight is 391 g/mol. The molecule has 0 unspecified atom stereocenters. The van der Waals surface area contributed by atoms with E-state index in [1.807, 2.05) is 6.08 Å². The fourth-order valence-corrected chi connectivity index (χ4v) is 7.12. The number of aliphatic hydroxyl groups is 1. The lowest BCUT2D eigenvalue weighted by Crippen LogP contribution is -2.52. The molecular weight excluding hydrogens is 360 g/mol. The summed E-state index contributed by atoms with van der Waals surface area (Å²) in [5.41, 5.74) is 1.13. The largest absolute Gasteiger partial charge is 0.508 e. The quantitative estimate of drug-likeness (QED) is 0.636. The summed E-state index contributed by atoms with van der Waals surface area (Å²) in [4.78, 5) is 11.9. The number of ketones is 1. The second kappa shape index (κ2) is 6.74. The van der Waals surface area contributed by atoms with Gasteiger partial charge in [0.25, 0.3) is 0 Å². The van der Waals surface area contributed by atoms with Gasteiger partial charge in [-0.2, -0.15) is 0 Å². The first-order valence-corrected chi connectivity index (χ1v) is 11.2. The lowest BCUT2D eigenvalue weighted by Gasteiger charge is -2.54. The van der Waals surface area contributed by atoms with Crippen LogP contribution in [0.15, 0.2) is 35.9 Å². The molecule has 6 atom stereocenters. The van der Waals surface area contributed by atoms with Crippen LogP contribution in [0.2, 0.25) is 0 Å². The Balaban J connectivity index is 1.41. The number of hydrogen-bond acceptors (Lipinski definition) is 3. The molecule has 0 bridgehead atoms. The van der Waals surface area contributed by atoms with Crippen molar-refractivity contribution in [3.63, 3.8) is 0 Å². The number of aromatic hydroxyl groups is 1. The highest BCUT2D eigenvalue weighted by Gasteiger charge is 2.62. The van der Waals surface area contributed by atoms with E-state index in [1.54, 1.807) is 24.3 Å². The summed E-state index contributed by atoms with van der Waals surface area (Å²) in [6.45, 7) is 2.27. The number of rotatable bonds is 0. The minimum atomic E-state index is -0.945. The van der Waals surface area contributed by atoms with Crippen molar-refractivity contribution in [2.45, 2.75) is 63.9 Å². The number of phenols is 1. The van der Waals surface area contributed by atoms with Gasteiger partial charge in [-0.3, -0.25) is 4.79 Å². The third-order valence-corrected chi connectivity index (χ3v) is 8.73. The number of carbonyl (C=O) groups is 1. The maximum Gasteiger partial charge on any atom is 0.155 e. The van der Waals surface area contributed by atoms with Crippen molar-refractivity contribution in [2.75, 3.05) is 0 Å². The molecule has 5 rings (SSSR count). The Kier molecular flexibility index (Phi) is 4.40. The number of phenolic OH excluding ortho intramolecular Hbond substituents is 1. The standard InChI is InChI=1S/C26H30O3/c1-25-13-11-22-21-9-7-20(28)16-18(21)4-8-23(22)24(25)12-15-26(25,29)14-10-17-2-5-19(27)6-3-17/h2-3,5-6,16,21-24,27,29H,4,7-9,11-13,15H2,1H3/t21-,22-,23+,24+,25-,26+/m0/s1. The summed E-state index contributed by atoms with van der Waals surface area (Å²) < 4.78 is 0. The molecule has 0 radical (unpaired) electrons. The van der Waals surface area contributed by atoms with E-state index in [2.05, 4.69) is 18.8 Å². The molecular formula is C26H30O3. The van der Waals surface area contributed by atoms with Gasteiger partial charge in [0.15, 0.2) is 5.78 Å². The van der Waals surface area contributed by atoms with Gasteiger partial charge >= 0.3 is 0 Å².